The maximum absolute atomic E-state index is 10.9. The van der Waals surface area contributed by atoms with E-state index >= 15 is 0 Å². The van der Waals surface area contributed by atoms with Crippen molar-refractivity contribution in [3.05, 3.63) is 48.8 Å². The van der Waals surface area contributed by atoms with E-state index in [0.29, 0.717) is 5.69 Å². The fraction of sp³-hybridized carbons (Fsp3) is 0.0588. The van der Waals surface area contributed by atoms with Crippen LogP contribution in [0.2, 0.25) is 0 Å². The number of aryl methyl sites for hydroxylation is 1. The molecule has 6 nitrogen and oxygen atoms in total. The number of hydrogen-bond donors (Lipinski definition) is 3. The van der Waals surface area contributed by atoms with Gasteiger partial charge < -0.3 is 14.7 Å². The maximum Gasteiger partial charge on any atom is 0.409 e. The Hall–Kier alpha value is -3.28. The molecule has 6 heteroatoms. The molecule has 114 valence electrons. The zero-order valence-electron chi connectivity index (χ0n) is 12.4. The van der Waals surface area contributed by atoms with Gasteiger partial charge >= 0.3 is 6.09 Å². The van der Waals surface area contributed by atoms with Crippen LogP contribution in [0.3, 0.4) is 0 Å². The van der Waals surface area contributed by atoms with E-state index in [-0.39, 0.29) is 0 Å². The van der Waals surface area contributed by atoms with Gasteiger partial charge in [-0.3, -0.25) is 5.32 Å². The number of aromatic amines is 1. The van der Waals surface area contributed by atoms with E-state index in [1.165, 1.54) is 0 Å². The molecule has 0 radical (unpaired) electrons. The van der Waals surface area contributed by atoms with Gasteiger partial charge in [0.1, 0.15) is 5.65 Å². The predicted molar refractivity (Wildman–Crippen MR) is 89.7 cm³/mol. The highest BCUT2D eigenvalue weighted by molar-refractivity contribution is 6.00. The first kappa shape index (κ1) is 13.4. The van der Waals surface area contributed by atoms with Gasteiger partial charge in [-0.05, 0) is 36.4 Å². The standard InChI is InChI=1S/C17H14N4O2/c1-21-9-13(14-7-10-3-2-6-18-16(10)20-14)12-8-11(19-17(22)23)4-5-15(12)21/h2-9,19H,1H3,(H,18,20)(H,22,23). The third-order valence-electron chi connectivity index (χ3n) is 3.92. The van der Waals surface area contributed by atoms with E-state index < -0.39 is 6.09 Å². The molecule has 0 aliphatic heterocycles. The molecular weight excluding hydrogens is 292 g/mol. The van der Waals surface area contributed by atoms with E-state index in [9.17, 15) is 4.79 Å². The van der Waals surface area contributed by atoms with Crippen molar-refractivity contribution in [1.29, 1.82) is 0 Å². The number of hydrogen-bond acceptors (Lipinski definition) is 2. The molecule has 0 bridgehead atoms. The topological polar surface area (TPSA) is 82.9 Å². The number of carbonyl (C=O) groups is 1. The van der Waals surface area contributed by atoms with Gasteiger partial charge in [0.2, 0.25) is 0 Å². The molecule has 0 aliphatic carbocycles. The molecule has 4 rings (SSSR count). The van der Waals surface area contributed by atoms with Gasteiger partial charge in [-0.15, -0.1) is 0 Å². The fourth-order valence-corrected chi connectivity index (χ4v) is 2.91. The SMILES string of the molecule is Cn1cc(-c2cc3cccnc3[nH]2)c2cc(NC(=O)O)ccc21. The summed E-state index contributed by atoms with van der Waals surface area (Å²) in [5, 5.41) is 13.3. The van der Waals surface area contributed by atoms with Crippen LogP contribution in [-0.2, 0) is 7.05 Å². The predicted octanol–water partition coefficient (Wildman–Crippen LogP) is 3.81. The van der Waals surface area contributed by atoms with Gasteiger partial charge in [0.05, 0.1) is 0 Å². The molecule has 0 fully saturated rings. The first-order valence-electron chi connectivity index (χ1n) is 7.15. The molecule has 0 unspecified atom stereocenters. The van der Waals surface area contributed by atoms with E-state index in [1.54, 1.807) is 12.3 Å². The Bertz CT molecular complexity index is 1010. The average Bonchev–Trinajstić information content (AvgIpc) is 3.08. The number of pyridine rings is 1. The second kappa shape index (κ2) is 4.88. The van der Waals surface area contributed by atoms with Crippen molar-refractivity contribution in [3.63, 3.8) is 0 Å². The third-order valence-corrected chi connectivity index (χ3v) is 3.92. The summed E-state index contributed by atoms with van der Waals surface area (Å²) in [6.45, 7) is 0. The summed E-state index contributed by atoms with van der Waals surface area (Å²) >= 11 is 0. The highest BCUT2D eigenvalue weighted by atomic mass is 16.4. The highest BCUT2D eigenvalue weighted by Crippen LogP contribution is 2.33. The summed E-state index contributed by atoms with van der Waals surface area (Å²) in [6.07, 6.45) is 2.71. The minimum absolute atomic E-state index is 0.548. The molecule has 0 atom stereocenters. The third kappa shape index (κ3) is 2.20. The molecule has 0 saturated carbocycles. The zero-order valence-corrected chi connectivity index (χ0v) is 12.4. The van der Waals surface area contributed by atoms with Crippen molar-refractivity contribution in [2.75, 3.05) is 5.32 Å². The Balaban J connectivity index is 1.92. The lowest BCUT2D eigenvalue weighted by Gasteiger charge is -2.02. The van der Waals surface area contributed by atoms with Gasteiger partial charge in [0.15, 0.2) is 0 Å². The number of benzene rings is 1. The Labute approximate surface area is 131 Å². The van der Waals surface area contributed by atoms with Gasteiger partial charge in [0.25, 0.3) is 0 Å². The molecule has 23 heavy (non-hydrogen) atoms. The highest BCUT2D eigenvalue weighted by Gasteiger charge is 2.12. The summed E-state index contributed by atoms with van der Waals surface area (Å²) in [4.78, 5) is 18.5. The first-order valence-corrected chi connectivity index (χ1v) is 7.15. The van der Waals surface area contributed by atoms with Crippen molar-refractivity contribution < 1.29 is 9.90 Å². The fourth-order valence-electron chi connectivity index (χ4n) is 2.91. The molecule has 0 spiro atoms. The molecule has 3 heterocycles. The zero-order chi connectivity index (χ0) is 16.0. The summed E-state index contributed by atoms with van der Waals surface area (Å²) in [5.74, 6) is 0. The first-order chi connectivity index (χ1) is 11.1. The smallest absolute Gasteiger partial charge is 0.409 e. The number of fused-ring (bicyclic) bond motifs is 2. The molecule has 1 aromatic carbocycles. The number of anilines is 1. The van der Waals surface area contributed by atoms with Gasteiger partial charge in [-0.25, -0.2) is 9.78 Å². The second-order valence-electron chi connectivity index (χ2n) is 5.44. The lowest BCUT2D eigenvalue weighted by atomic mass is 10.1. The normalized spacial score (nSPS) is 11.2. The van der Waals surface area contributed by atoms with Crippen LogP contribution < -0.4 is 5.32 Å². The minimum atomic E-state index is -1.07. The van der Waals surface area contributed by atoms with Gasteiger partial charge in [-0.1, -0.05) is 0 Å². The second-order valence-corrected chi connectivity index (χ2v) is 5.44. The number of nitrogens with one attached hydrogen (secondary N) is 2. The molecule has 0 aliphatic rings. The van der Waals surface area contributed by atoms with Crippen molar-refractivity contribution in [2.24, 2.45) is 7.05 Å². The van der Waals surface area contributed by atoms with E-state index in [4.69, 9.17) is 5.11 Å². The monoisotopic (exact) mass is 306 g/mol. The number of rotatable bonds is 2. The number of nitrogens with zero attached hydrogens (tertiary/aromatic N) is 2. The molecular formula is C17H14N4O2. The van der Waals surface area contributed by atoms with Crippen LogP contribution in [0, 0.1) is 0 Å². The van der Waals surface area contributed by atoms with Gasteiger partial charge in [0, 0.05) is 52.7 Å². The van der Waals surface area contributed by atoms with Gasteiger partial charge in [-0.2, -0.15) is 0 Å². The Morgan fingerprint density at radius 1 is 1.30 bits per heavy atom. The Morgan fingerprint density at radius 2 is 2.17 bits per heavy atom. The lowest BCUT2D eigenvalue weighted by Crippen LogP contribution is -2.06. The molecule has 4 aromatic rings. The van der Waals surface area contributed by atoms with Crippen LogP contribution >= 0.6 is 0 Å². The maximum atomic E-state index is 10.9. The minimum Gasteiger partial charge on any atom is -0.465 e. The summed E-state index contributed by atoms with van der Waals surface area (Å²) in [7, 11) is 1.97. The summed E-state index contributed by atoms with van der Waals surface area (Å²) in [5.41, 5.74) is 4.37. The average molecular weight is 306 g/mol. The van der Waals surface area contributed by atoms with Crippen LogP contribution in [0.1, 0.15) is 0 Å². The lowest BCUT2D eigenvalue weighted by molar-refractivity contribution is 0.210. The molecule has 0 saturated heterocycles. The summed E-state index contributed by atoms with van der Waals surface area (Å²) < 4.78 is 2.02. The number of aromatic nitrogens is 3. The van der Waals surface area contributed by atoms with Crippen molar-refractivity contribution in [2.45, 2.75) is 0 Å². The van der Waals surface area contributed by atoms with Crippen LogP contribution in [-0.4, -0.2) is 25.7 Å². The van der Waals surface area contributed by atoms with E-state index in [0.717, 1.165) is 33.2 Å². The summed E-state index contributed by atoms with van der Waals surface area (Å²) in [6, 6.07) is 11.5. The van der Waals surface area contributed by atoms with Crippen LogP contribution in [0.25, 0.3) is 33.2 Å². The van der Waals surface area contributed by atoms with Crippen LogP contribution in [0.5, 0.6) is 0 Å². The van der Waals surface area contributed by atoms with E-state index in [1.807, 2.05) is 42.1 Å². The number of H-pyrrole nitrogens is 1. The van der Waals surface area contributed by atoms with Crippen LogP contribution in [0.15, 0.2) is 48.8 Å². The quantitative estimate of drug-likeness (QED) is 0.526. The molecule has 3 N–H and O–H groups in total. The van der Waals surface area contributed by atoms with Crippen LogP contribution in [0.4, 0.5) is 10.5 Å². The van der Waals surface area contributed by atoms with Crippen molar-refractivity contribution in [1.82, 2.24) is 14.5 Å². The number of amides is 1. The Morgan fingerprint density at radius 3 is 2.96 bits per heavy atom. The van der Waals surface area contributed by atoms with E-state index in [2.05, 4.69) is 21.4 Å². The van der Waals surface area contributed by atoms with Crippen molar-refractivity contribution in [3.8, 4) is 11.3 Å². The molecule has 1 amide bonds. The van der Waals surface area contributed by atoms with Crippen molar-refractivity contribution >= 4 is 33.7 Å². The number of carboxylic acid groups (broad SMARTS) is 1. The molecule has 3 aromatic heterocycles. The Kier molecular flexibility index (Phi) is 2.84. The largest absolute Gasteiger partial charge is 0.465 e.